The number of ether oxygens (including phenoxy) is 1. The number of hydrogen-bond acceptors (Lipinski definition) is 4. The predicted octanol–water partition coefficient (Wildman–Crippen LogP) is 4.88. The van der Waals surface area contributed by atoms with Gasteiger partial charge in [0.2, 0.25) is 0 Å². The fourth-order valence-electron chi connectivity index (χ4n) is 3.86. The first kappa shape index (κ1) is 21.1. The SMILES string of the molecule is O=C(Nc1n[nH]c2ccccc12)c1cc(CN2CCC2)cc(OCc2cc(F)cc(F)c2)c1. The summed E-state index contributed by atoms with van der Waals surface area (Å²) in [6, 6.07) is 16.1. The van der Waals surface area contributed by atoms with Crippen LogP contribution in [0.5, 0.6) is 5.75 Å². The average Bonchev–Trinajstić information content (AvgIpc) is 3.17. The Kier molecular flexibility index (Phi) is 5.75. The maximum atomic E-state index is 13.5. The monoisotopic (exact) mass is 448 g/mol. The lowest BCUT2D eigenvalue weighted by Gasteiger charge is -2.30. The number of rotatable bonds is 7. The number of halogens is 2. The molecule has 2 heterocycles. The molecule has 5 rings (SSSR count). The third kappa shape index (κ3) is 4.85. The van der Waals surface area contributed by atoms with Crippen molar-refractivity contribution < 1.29 is 18.3 Å². The van der Waals surface area contributed by atoms with Crippen molar-refractivity contribution in [2.24, 2.45) is 0 Å². The van der Waals surface area contributed by atoms with Gasteiger partial charge in [-0.15, -0.1) is 0 Å². The van der Waals surface area contributed by atoms with Crippen LogP contribution in [0.15, 0.2) is 60.7 Å². The Morgan fingerprint density at radius 2 is 1.82 bits per heavy atom. The van der Waals surface area contributed by atoms with Crippen LogP contribution in [0.2, 0.25) is 0 Å². The second kappa shape index (κ2) is 8.99. The molecule has 8 heteroatoms. The molecule has 0 atom stereocenters. The molecule has 0 bridgehead atoms. The maximum absolute atomic E-state index is 13.5. The number of H-pyrrole nitrogens is 1. The van der Waals surface area contributed by atoms with E-state index in [4.69, 9.17) is 4.74 Å². The zero-order chi connectivity index (χ0) is 22.8. The standard InChI is InChI=1S/C25H22F2N4O2/c26-19-9-17(10-20(27)13-19)15-33-21-11-16(14-31-6-3-7-31)8-18(12-21)25(32)28-24-22-4-1-2-5-23(22)29-30-24/h1-2,4-5,8-13H,3,6-7,14-15H2,(H2,28,29,30,32). The van der Waals surface area contributed by atoms with Gasteiger partial charge < -0.3 is 10.1 Å². The number of hydrogen-bond donors (Lipinski definition) is 2. The fraction of sp³-hybridized carbons (Fsp3) is 0.200. The number of fused-ring (bicyclic) bond motifs is 1. The van der Waals surface area contributed by atoms with E-state index in [0.29, 0.717) is 29.2 Å². The molecule has 33 heavy (non-hydrogen) atoms. The van der Waals surface area contributed by atoms with Crippen molar-refractivity contribution in [2.45, 2.75) is 19.6 Å². The number of benzene rings is 3. The molecule has 0 unspecified atom stereocenters. The molecule has 0 aliphatic carbocycles. The Morgan fingerprint density at radius 1 is 1.03 bits per heavy atom. The summed E-state index contributed by atoms with van der Waals surface area (Å²) in [6.45, 7) is 2.69. The summed E-state index contributed by atoms with van der Waals surface area (Å²) in [7, 11) is 0. The van der Waals surface area contributed by atoms with Gasteiger partial charge in [0.1, 0.15) is 24.0 Å². The van der Waals surface area contributed by atoms with E-state index in [1.54, 1.807) is 6.07 Å². The molecule has 1 saturated heterocycles. The molecule has 6 nitrogen and oxygen atoms in total. The highest BCUT2D eigenvalue weighted by atomic mass is 19.1. The zero-order valence-corrected chi connectivity index (χ0v) is 17.8. The Labute approximate surface area is 189 Å². The van der Waals surface area contributed by atoms with Crippen LogP contribution in [0.4, 0.5) is 14.6 Å². The summed E-state index contributed by atoms with van der Waals surface area (Å²) in [5.41, 5.74) is 2.54. The minimum absolute atomic E-state index is 0.0209. The second-order valence-electron chi connectivity index (χ2n) is 8.13. The van der Waals surface area contributed by atoms with Crippen molar-refractivity contribution in [3.63, 3.8) is 0 Å². The number of carbonyl (C=O) groups is 1. The summed E-state index contributed by atoms with van der Waals surface area (Å²) in [5.74, 6) is -0.742. The van der Waals surface area contributed by atoms with Crippen LogP contribution in [-0.4, -0.2) is 34.1 Å². The molecule has 0 saturated carbocycles. The van der Waals surface area contributed by atoms with E-state index in [1.807, 2.05) is 36.4 Å². The van der Waals surface area contributed by atoms with E-state index in [-0.39, 0.29) is 12.5 Å². The molecule has 3 aromatic carbocycles. The number of nitrogens with zero attached hydrogens (tertiary/aromatic N) is 2. The number of likely N-dealkylation sites (tertiary alicyclic amines) is 1. The van der Waals surface area contributed by atoms with Crippen LogP contribution in [-0.2, 0) is 13.2 Å². The molecule has 1 aliphatic rings. The van der Waals surface area contributed by atoms with Crippen molar-refractivity contribution in [2.75, 3.05) is 18.4 Å². The van der Waals surface area contributed by atoms with Gasteiger partial charge in [0.05, 0.1) is 5.52 Å². The van der Waals surface area contributed by atoms with Gasteiger partial charge in [-0.25, -0.2) is 8.78 Å². The van der Waals surface area contributed by atoms with E-state index >= 15 is 0 Å². The number of amides is 1. The van der Waals surface area contributed by atoms with Gasteiger partial charge in [0.25, 0.3) is 5.91 Å². The lowest BCUT2D eigenvalue weighted by Crippen LogP contribution is -2.36. The average molecular weight is 448 g/mol. The number of anilines is 1. The normalized spacial score (nSPS) is 13.6. The van der Waals surface area contributed by atoms with Gasteiger partial charge in [-0.2, -0.15) is 5.10 Å². The highest BCUT2D eigenvalue weighted by Gasteiger charge is 2.17. The van der Waals surface area contributed by atoms with Gasteiger partial charge in [-0.3, -0.25) is 14.8 Å². The van der Waals surface area contributed by atoms with Crippen molar-refractivity contribution >= 4 is 22.6 Å². The lowest BCUT2D eigenvalue weighted by atomic mass is 10.1. The number of carbonyl (C=O) groups excluding carboxylic acids is 1. The van der Waals surface area contributed by atoms with E-state index in [2.05, 4.69) is 20.4 Å². The van der Waals surface area contributed by atoms with Crippen molar-refractivity contribution in [3.05, 3.63) is 89.0 Å². The van der Waals surface area contributed by atoms with Crippen LogP contribution >= 0.6 is 0 Å². The van der Waals surface area contributed by atoms with Crippen molar-refractivity contribution in [1.82, 2.24) is 15.1 Å². The molecule has 4 aromatic rings. The maximum Gasteiger partial charge on any atom is 0.257 e. The van der Waals surface area contributed by atoms with Gasteiger partial charge in [0, 0.05) is 23.6 Å². The molecular formula is C25H22F2N4O2. The summed E-state index contributed by atoms with van der Waals surface area (Å²) in [5, 5.41) is 10.8. The summed E-state index contributed by atoms with van der Waals surface area (Å²) in [4.78, 5) is 15.3. The van der Waals surface area contributed by atoms with Gasteiger partial charge in [-0.1, -0.05) is 12.1 Å². The van der Waals surface area contributed by atoms with Gasteiger partial charge in [0.15, 0.2) is 5.82 Å². The number of nitrogens with one attached hydrogen (secondary N) is 2. The lowest BCUT2D eigenvalue weighted by molar-refractivity contribution is 0.102. The zero-order valence-electron chi connectivity index (χ0n) is 17.8. The molecule has 2 N–H and O–H groups in total. The van der Waals surface area contributed by atoms with E-state index < -0.39 is 11.6 Å². The minimum Gasteiger partial charge on any atom is -0.489 e. The van der Waals surface area contributed by atoms with Crippen LogP contribution in [0.3, 0.4) is 0 Å². The smallest absolute Gasteiger partial charge is 0.257 e. The highest BCUT2D eigenvalue weighted by Crippen LogP contribution is 2.24. The molecule has 168 valence electrons. The summed E-state index contributed by atoms with van der Waals surface area (Å²) in [6.07, 6.45) is 1.15. The van der Waals surface area contributed by atoms with Crippen LogP contribution in [0.25, 0.3) is 10.9 Å². The number of aromatic nitrogens is 2. The third-order valence-corrected chi connectivity index (χ3v) is 5.61. The number of aromatic amines is 1. The molecule has 1 aromatic heterocycles. The van der Waals surface area contributed by atoms with Gasteiger partial charge in [-0.05, 0) is 73.1 Å². The first-order valence-corrected chi connectivity index (χ1v) is 10.7. The molecule has 1 amide bonds. The summed E-state index contributed by atoms with van der Waals surface area (Å²) < 4.78 is 32.8. The summed E-state index contributed by atoms with van der Waals surface area (Å²) >= 11 is 0. The first-order chi connectivity index (χ1) is 16.0. The molecule has 1 fully saturated rings. The molecular weight excluding hydrogens is 426 g/mol. The predicted molar refractivity (Wildman–Crippen MR) is 121 cm³/mol. The Bertz CT molecular complexity index is 1300. The van der Waals surface area contributed by atoms with Crippen LogP contribution in [0.1, 0.15) is 27.9 Å². The van der Waals surface area contributed by atoms with E-state index in [1.165, 1.54) is 12.1 Å². The largest absolute Gasteiger partial charge is 0.489 e. The van der Waals surface area contributed by atoms with Crippen LogP contribution < -0.4 is 10.1 Å². The Morgan fingerprint density at radius 3 is 2.58 bits per heavy atom. The van der Waals surface area contributed by atoms with Crippen molar-refractivity contribution in [3.8, 4) is 5.75 Å². The Balaban J connectivity index is 1.39. The van der Waals surface area contributed by atoms with Crippen molar-refractivity contribution in [1.29, 1.82) is 0 Å². The quantitative estimate of drug-likeness (QED) is 0.423. The molecule has 0 spiro atoms. The van der Waals surface area contributed by atoms with Gasteiger partial charge >= 0.3 is 0 Å². The van der Waals surface area contributed by atoms with E-state index in [9.17, 15) is 13.6 Å². The highest BCUT2D eigenvalue weighted by molar-refractivity contribution is 6.08. The van der Waals surface area contributed by atoms with E-state index in [0.717, 1.165) is 42.0 Å². The third-order valence-electron chi connectivity index (χ3n) is 5.61. The molecule has 1 aliphatic heterocycles. The first-order valence-electron chi connectivity index (χ1n) is 10.7. The fourth-order valence-corrected chi connectivity index (χ4v) is 3.86. The molecule has 0 radical (unpaired) electrons. The minimum atomic E-state index is -0.661. The van der Waals surface area contributed by atoms with Crippen LogP contribution in [0, 0.1) is 11.6 Å². The topological polar surface area (TPSA) is 70.2 Å². The number of para-hydroxylation sites is 1. The second-order valence-corrected chi connectivity index (χ2v) is 8.13. The Hall–Kier alpha value is -3.78.